The molecule has 1 N–H and O–H groups in total. The molecule has 0 aliphatic heterocycles. The van der Waals surface area contributed by atoms with Crippen molar-refractivity contribution in [1.29, 1.82) is 0 Å². The van der Waals surface area contributed by atoms with Crippen LogP contribution in [0.2, 0.25) is 0 Å². The highest BCUT2D eigenvalue weighted by molar-refractivity contribution is 7.47. The monoisotopic (exact) mass is 1360 g/mol. The predicted octanol–water partition coefficient (Wildman–Crippen LogP) is 27.7. The zero-order chi connectivity index (χ0) is 69.0. The summed E-state index contributed by atoms with van der Waals surface area (Å²) in [5, 5.41) is 0. The highest BCUT2D eigenvalue weighted by atomic mass is 31.2. The number of phosphoric ester groups is 1. The predicted molar refractivity (Wildman–Crippen MR) is 413 cm³/mol. The van der Waals surface area contributed by atoms with Gasteiger partial charge in [-0.05, 0) is 57.8 Å². The Bertz CT molecular complexity index is 1790. The molecule has 0 aromatic carbocycles. The van der Waals surface area contributed by atoms with Crippen LogP contribution in [0.4, 0.5) is 0 Å². The van der Waals surface area contributed by atoms with E-state index in [1.165, 1.54) is 321 Å². The van der Waals surface area contributed by atoms with Crippen LogP contribution in [-0.2, 0) is 32.7 Å². The minimum atomic E-state index is -4.39. The molecular formula is C85H161NO8P+. The quantitative estimate of drug-likeness (QED) is 0.0211. The number of carbonyl (C=O) groups excluding carboxylic acids is 2. The fraction of sp³-hybridized carbons (Fsp3) is 0.859. The van der Waals surface area contributed by atoms with Gasteiger partial charge in [-0.1, -0.05) is 408 Å². The van der Waals surface area contributed by atoms with Crippen molar-refractivity contribution in [3.63, 3.8) is 0 Å². The number of nitrogens with zero attached hydrogens (tertiary/aromatic N) is 1. The lowest BCUT2D eigenvalue weighted by molar-refractivity contribution is -0.870. The number of ether oxygens (including phenoxy) is 2. The van der Waals surface area contributed by atoms with E-state index in [4.69, 9.17) is 18.5 Å². The summed E-state index contributed by atoms with van der Waals surface area (Å²) in [5.41, 5.74) is 0. The van der Waals surface area contributed by atoms with Gasteiger partial charge in [0, 0.05) is 12.8 Å². The van der Waals surface area contributed by atoms with Crippen LogP contribution in [0, 0.1) is 0 Å². The number of allylic oxidation sites excluding steroid dienone is 10. The van der Waals surface area contributed by atoms with Gasteiger partial charge in [0.15, 0.2) is 6.10 Å². The summed E-state index contributed by atoms with van der Waals surface area (Å²) in [6, 6.07) is 0. The largest absolute Gasteiger partial charge is 0.472 e. The van der Waals surface area contributed by atoms with Gasteiger partial charge >= 0.3 is 19.8 Å². The molecule has 0 aliphatic rings. The second-order valence-corrected chi connectivity index (χ2v) is 30.9. The van der Waals surface area contributed by atoms with Crippen LogP contribution < -0.4 is 0 Å². The zero-order valence-electron chi connectivity index (χ0n) is 63.9. The highest BCUT2D eigenvalue weighted by Gasteiger charge is 2.27. The number of likely N-dealkylation sites (N-methyl/N-ethyl adjacent to an activating group) is 1. The molecule has 558 valence electrons. The number of rotatable bonds is 78. The van der Waals surface area contributed by atoms with Crippen molar-refractivity contribution < 1.29 is 42.1 Å². The number of esters is 2. The molecule has 95 heavy (non-hydrogen) atoms. The van der Waals surface area contributed by atoms with Gasteiger partial charge in [0.25, 0.3) is 0 Å². The third kappa shape index (κ3) is 80.6. The molecule has 0 aromatic rings. The Balaban J connectivity index is 3.89. The summed E-state index contributed by atoms with van der Waals surface area (Å²) < 4.78 is 34.9. The smallest absolute Gasteiger partial charge is 0.462 e. The molecule has 0 aliphatic carbocycles. The summed E-state index contributed by atoms with van der Waals surface area (Å²) in [5.74, 6) is -0.773. The second kappa shape index (κ2) is 75.9. The van der Waals surface area contributed by atoms with Crippen LogP contribution in [0.1, 0.15) is 418 Å². The lowest BCUT2D eigenvalue weighted by Gasteiger charge is -2.24. The zero-order valence-corrected chi connectivity index (χ0v) is 64.8. The van der Waals surface area contributed by atoms with Gasteiger partial charge in [-0.3, -0.25) is 18.6 Å². The number of carbonyl (C=O) groups is 2. The van der Waals surface area contributed by atoms with Crippen molar-refractivity contribution in [3.8, 4) is 0 Å². The number of quaternary nitrogens is 1. The van der Waals surface area contributed by atoms with Gasteiger partial charge in [-0.25, -0.2) is 4.57 Å². The van der Waals surface area contributed by atoms with Crippen LogP contribution in [0.3, 0.4) is 0 Å². The van der Waals surface area contributed by atoms with E-state index in [-0.39, 0.29) is 25.6 Å². The van der Waals surface area contributed by atoms with Crippen LogP contribution in [0.15, 0.2) is 60.8 Å². The number of phosphoric acid groups is 1. The Morgan fingerprint density at radius 1 is 0.337 bits per heavy atom. The minimum Gasteiger partial charge on any atom is -0.462 e. The molecule has 10 heteroatoms. The topological polar surface area (TPSA) is 108 Å². The molecule has 0 spiro atoms. The Morgan fingerprint density at radius 2 is 0.600 bits per heavy atom. The Labute approximate surface area is 591 Å². The maximum Gasteiger partial charge on any atom is 0.472 e. The summed E-state index contributed by atoms with van der Waals surface area (Å²) >= 11 is 0. The first kappa shape index (κ1) is 92.7. The van der Waals surface area contributed by atoms with Gasteiger partial charge in [0.2, 0.25) is 0 Å². The Kier molecular flexibility index (Phi) is 74.1. The summed E-state index contributed by atoms with van der Waals surface area (Å²) in [6.07, 6.45) is 102. The van der Waals surface area contributed by atoms with Gasteiger partial charge in [0.1, 0.15) is 19.8 Å². The van der Waals surface area contributed by atoms with E-state index < -0.39 is 26.5 Å². The van der Waals surface area contributed by atoms with E-state index in [1.54, 1.807) is 0 Å². The third-order valence-electron chi connectivity index (χ3n) is 18.8. The van der Waals surface area contributed by atoms with E-state index in [2.05, 4.69) is 74.6 Å². The van der Waals surface area contributed by atoms with E-state index in [0.29, 0.717) is 23.9 Å². The van der Waals surface area contributed by atoms with E-state index >= 15 is 0 Å². The molecule has 0 heterocycles. The van der Waals surface area contributed by atoms with Crippen LogP contribution >= 0.6 is 7.82 Å². The molecule has 2 unspecified atom stereocenters. The molecule has 0 aromatic heterocycles. The van der Waals surface area contributed by atoms with Crippen molar-refractivity contribution in [1.82, 2.24) is 0 Å². The van der Waals surface area contributed by atoms with Gasteiger partial charge in [0.05, 0.1) is 27.7 Å². The first-order chi connectivity index (χ1) is 46.5. The molecular weight excluding hydrogens is 1190 g/mol. The highest BCUT2D eigenvalue weighted by Crippen LogP contribution is 2.43. The fourth-order valence-electron chi connectivity index (χ4n) is 12.5. The summed E-state index contributed by atoms with van der Waals surface area (Å²) in [6.45, 7) is 4.40. The Hall–Kier alpha value is -2.29. The Morgan fingerprint density at radius 3 is 0.895 bits per heavy atom. The lowest BCUT2D eigenvalue weighted by Crippen LogP contribution is -2.37. The van der Waals surface area contributed by atoms with Crippen LogP contribution in [0.5, 0.6) is 0 Å². The minimum absolute atomic E-state index is 0.0340. The molecule has 0 bridgehead atoms. The van der Waals surface area contributed by atoms with Crippen LogP contribution in [0.25, 0.3) is 0 Å². The first-order valence-electron chi connectivity index (χ1n) is 41.5. The van der Waals surface area contributed by atoms with Crippen molar-refractivity contribution in [3.05, 3.63) is 60.8 Å². The molecule has 0 saturated carbocycles. The number of unbranched alkanes of at least 4 members (excludes halogenated alkanes) is 54. The first-order valence-corrected chi connectivity index (χ1v) is 43.0. The number of hydrogen-bond donors (Lipinski definition) is 1. The molecule has 0 fully saturated rings. The average Bonchev–Trinajstić information content (AvgIpc) is 2.16. The van der Waals surface area contributed by atoms with E-state index in [0.717, 1.165) is 64.2 Å². The molecule has 0 saturated heterocycles. The number of hydrogen-bond acceptors (Lipinski definition) is 7. The average molecular weight is 1360 g/mol. The van der Waals surface area contributed by atoms with E-state index in [9.17, 15) is 19.0 Å². The molecule has 9 nitrogen and oxygen atoms in total. The van der Waals surface area contributed by atoms with Crippen molar-refractivity contribution in [2.75, 3.05) is 47.5 Å². The van der Waals surface area contributed by atoms with Gasteiger partial charge < -0.3 is 18.9 Å². The second-order valence-electron chi connectivity index (χ2n) is 29.5. The summed E-state index contributed by atoms with van der Waals surface area (Å²) in [7, 11) is 1.50. The lowest BCUT2D eigenvalue weighted by atomic mass is 10.0. The van der Waals surface area contributed by atoms with Gasteiger partial charge in [-0.2, -0.15) is 0 Å². The standard InChI is InChI=1S/C85H160NO8P/c1-6-8-10-12-14-16-18-20-22-24-26-28-30-32-34-36-38-40-42-44-45-47-49-51-53-55-57-59-61-63-65-67-69-71-73-75-77-84(87)91-81-83(82-93-95(89,90)92-80-79-86(3,4)5)94-85(88)78-76-74-72-70-68-66-64-62-60-58-56-54-52-50-48-46-43-41-39-37-35-33-31-29-27-25-23-21-19-17-15-13-11-9-7-2/h9,11,15,17,21,23,27,29,33,35,83H,6-8,10,12-14,16,18-20,22,24-26,28,30-32,34,36-82H2,1-5H3/p+1/b11-9-,17-15-,23-21-,29-27-,35-33-. The molecule has 2 atom stereocenters. The van der Waals surface area contributed by atoms with E-state index in [1.807, 2.05) is 21.1 Å². The van der Waals surface area contributed by atoms with Crippen LogP contribution in [-0.4, -0.2) is 74.9 Å². The maximum absolute atomic E-state index is 12.9. The molecule has 0 radical (unpaired) electrons. The maximum atomic E-state index is 12.9. The van der Waals surface area contributed by atoms with Crippen molar-refractivity contribution >= 4 is 19.8 Å². The normalized spacial score (nSPS) is 13.3. The summed E-state index contributed by atoms with van der Waals surface area (Å²) in [4.78, 5) is 36.0. The fourth-order valence-corrected chi connectivity index (χ4v) is 13.3. The molecule has 0 rings (SSSR count). The molecule has 0 amide bonds. The third-order valence-corrected chi connectivity index (χ3v) is 19.8. The van der Waals surface area contributed by atoms with Crippen molar-refractivity contribution in [2.24, 2.45) is 0 Å². The SMILES string of the molecule is CC/C=C\C/C=C\C/C=C\C/C=C\C/C=C\CCCCCCCCCCCCCCCCCCCCCC(=O)OC(COC(=O)CCCCCCCCCCCCCCCCCCCCCCCCCCCCCCCCCCCCCC)COP(=O)(O)OCC[N+](C)(C)C. The van der Waals surface area contributed by atoms with Crippen molar-refractivity contribution in [2.45, 2.75) is 424 Å². The van der Waals surface area contributed by atoms with Gasteiger partial charge in [-0.15, -0.1) is 0 Å².